The number of nitrogens with zero attached hydrogens (tertiary/aromatic N) is 2. The summed E-state index contributed by atoms with van der Waals surface area (Å²) in [5, 5.41) is 11.7. The number of benzene rings is 3. The Bertz CT molecular complexity index is 1380. The maximum Gasteiger partial charge on any atom is 0.0743 e. The number of pyridine rings is 1. The van der Waals surface area contributed by atoms with Crippen molar-refractivity contribution < 1.29 is 0 Å². The minimum absolute atomic E-state index is 0.766. The molecular formula is C29H30N5P. The maximum absolute atomic E-state index is 4.55. The summed E-state index contributed by atoms with van der Waals surface area (Å²) in [4.78, 5) is 6.63. The van der Waals surface area contributed by atoms with E-state index in [0.717, 1.165) is 60.6 Å². The summed E-state index contributed by atoms with van der Waals surface area (Å²) in [6, 6.07) is 25.4. The number of anilines is 5. The van der Waals surface area contributed by atoms with Gasteiger partial charge in [-0.1, -0.05) is 32.6 Å². The van der Waals surface area contributed by atoms with Crippen LogP contribution in [0.5, 0.6) is 0 Å². The monoisotopic (exact) mass is 479 g/mol. The summed E-state index contributed by atoms with van der Waals surface area (Å²) in [6.45, 7) is 0.766. The van der Waals surface area contributed by atoms with E-state index in [0.29, 0.717) is 0 Å². The largest absolute Gasteiger partial charge is 0.381 e. The van der Waals surface area contributed by atoms with Gasteiger partial charge in [0.2, 0.25) is 0 Å². The van der Waals surface area contributed by atoms with E-state index in [9.17, 15) is 0 Å². The van der Waals surface area contributed by atoms with Crippen molar-refractivity contribution in [1.29, 1.82) is 0 Å². The normalized spacial score (nSPS) is 13.5. The first-order chi connectivity index (χ1) is 17.1. The zero-order valence-corrected chi connectivity index (χ0v) is 21.0. The van der Waals surface area contributed by atoms with E-state index < -0.39 is 0 Å². The van der Waals surface area contributed by atoms with Crippen molar-refractivity contribution in [3.8, 4) is 0 Å². The van der Waals surface area contributed by atoms with Gasteiger partial charge < -0.3 is 20.9 Å². The van der Waals surface area contributed by atoms with Crippen LogP contribution >= 0.6 is 8.58 Å². The molecule has 2 heterocycles. The minimum atomic E-state index is 0.766. The predicted octanol–water partition coefficient (Wildman–Crippen LogP) is 7.16. The fraction of sp³-hybridized carbons (Fsp3) is 0.138. The summed E-state index contributed by atoms with van der Waals surface area (Å²) in [6.07, 6.45) is 7.40. The van der Waals surface area contributed by atoms with Crippen LogP contribution in [0.25, 0.3) is 10.9 Å². The van der Waals surface area contributed by atoms with Gasteiger partial charge in [-0.3, -0.25) is 4.98 Å². The average Bonchev–Trinajstić information content (AvgIpc) is 2.89. The molecule has 0 radical (unpaired) electrons. The van der Waals surface area contributed by atoms with Crippen molar-refractivity contribution in [1.82, 2.24) is 4.98 Å². The molecule has 176 valence electrons. The number of allylic oxidation sites excluding steroid dienone is 2. The van der Waals surface area contributed by atoms with Crippen LogP contribution in [-0.2, 0) is 6.54 Å². The van der Waals surface area contributed by atoms with E-state index in [4.69, 9.17) is 0 Å². The van der Waals surface area contributed by atoms with Crippen LogP contribution in [0.3, 0.4) is 0 Å². The molecular weight excluding hydrogens is 449 g/mol. The highest BCUT2D eigenvalue weighted by atomic mass is 31.1. The van der Waals surface area contributed by atoms with Gasteiger partial charge in [-0.15, -0.1) is 0 Å². The molecule has 1 atom stereocenters. The Hall–Kier alpha value is -3.82. The molecule has 0 spiro atoms. The summed E-state index contributed by atoms with van der Waals surface area (Å²) in [5.74, 6) is 2.24. The predicted molar refractivity (Wildman–Crippen MR) is 154 cm³/mol. The van der Waals surface area contributed by atoms with Gasteiger partial charge in [0.05, 0.1) is 5.52 Å². The molecule has 5 rings (SSSR count). The van der Waals surface area contributed by atoms with Crippen LogP contribution < -0.4 is 20.9 Å². The van der Waals surface area contributed by atoms with Crippen molar-refractivity contribution in [3.63, 3.8) is 0 Å². The molecule has 0 amide bonds. The molecule has 5 nitrogen and oxygen atoms in total. The first-order valence-corrected chi connectivity index (χ1v) is 13.1. The molecule has 6 heteroatoms. The third-order valence-electron chi connectivity index (χ3n) is 5.94. The topological polar surface area (TPSA) is 52.2 Å². The molecule has 35 heavy (non-hydrogen) atoms. The Kier molecular flexibility index (Phi) is 6.97. The van der Waals surface area contributed by atoms with E-state index >= 15 is 0 Å². The molecule has 3 aromatic carbocycles. The van der Waals surface area contributed by atoms with Crippen molar-refractivity contribution in [2.24, 2.45) is 0 Å². The third kappa shape index (κ3) is 5.82. The van der Waals surface area contributed by atoms with Gasteiger partial charge in [0, 0.05) is 66.4 Å². The molecule has 0 aliphatic carbocycles. The SMILES string of the molecule is CN(C)c1ccc2c(Nc3ccc(NCc4cccc(NC5=CCPC=C5)c4)cc3)ccnc2c1. The fourth-order valence-electron chi connectivity index (χ4n) is 4.03. The molecule has 1 aliphatic heterocycles. The Morgan fingerprint density at radius 3 is 2.54 bits per heavy atom. The van der Waals surface area contributed by atoms with E-state index in [-0.39, 0.29) is 0 Å². The van der Waals surface area contributed by atoms with Crippen molar-refractivity contribution >= 4 is 47.9 Å². The standard InChI is InChI=1S/C29H30N5P/c1-34(2)26-10-11-27-28(12-15-30-29(27)19-26)33-23-8-6-22(7-9-23)31-20-21-4-3-5-25(18-21)32-24-13-16-35-17-14-24/h3-16,18-19,31-32,35H,17,20H2,1-2H3,(H,30,33). The van der Waals surface area contributed by atoms with Crippen LogP contribution in [0, 0.1) is 0 Å². The molecule has 1 unspecified atom stereocenters. The summed E-state index contributed by atoms with van der Waals surface area (Å²) < 4.78 is 0. The van der Waals surface area contributed by atoms with E-state index in [1.165, 1.54) is 11.3 Å². The molecule has 1 aliphatic rings. The number of nitrogens with one attached hydrogen (secondary N) is 3. The van der Waals surface area contributed by atoms with Gasteiger partial charge in [0.25, 0.3) is 0 Å². The quantitative estimate of drug-likeness (QED) is 0.234. The highest BCUT2D eigenvalue weighted by Gasteiger charge is 2.06. The van der Waals surface area contributed by atoms with Crippen LogP contribution in [-0.4, -0.2) is 25.2 Å². The smallest absolute Gasteiger partial charge is 0.0743 e. The van der Waals surface area contributed by atoms with Crippen molar-refractivity contribution in [3.05, 3.63) is 108 Å². The lowest BCUT2D eigenvalue weighted by Gasteiger charge is -2.15. The van der Waals surface area contributed by atoms with Crippen LogP contribution in [0.2, 0.25) is 0 Å². The molecule has 0 saturated heterocycles. The van der Waals surface area contributed by atoms with Gasteiger partial charge in [-0.25, -0.2) is 0 Å². The average molecular weight is 480 g/mol. The van der Waals surface area contributed by atoms with Crippen LogP contribution in [0.4, 0.5) is 28.4 Å². The van der Waals surface area contributed by atoms with Gasteiger partial charge in [-0.2, -0.15) is 0 Å². The number of fused-ring (bicyclic) bond motifs is 1. The number of hydrogen-bond donors (Lipinski definition) is 3. The number of hydrogen-bond acceptors (Lipinski definition) is 5. The Morgan fingerprint density at radius 2 is 1.74 bits per heavy atom. The third-order valence-corrected chi connectivity index (χ3v) is 6.78. The number of rotatable bonds is 8. The highest BCUT2D eigenvalue weighted by molar-refractivity contribution is 7.41. The second-order valence-electron chi connectivity index (χ2n) is 8.74. The van der Waals surface area contributed by atoms with Gasteiger partial charge >= 0.3 is 0 Å². The Morgan fingerprint density at radius 1 is 0.886 bits per heavy atom. The summed E-state index contributed by atoms with van der Waals surface area (Å²) >= 11 is 0. The molecule has 1 aromatic heterocycles. The molecule has 0 bridgehead atoms. The highest BCUT2D eigenvalue weighted by Crippen LogP contribution is 2.28. The molecule has 4 aromatic rings. The Balaban J connectivity index is 1.22. The van der Waals surface area contributed by atoms with Crippen LogP contribution in [0.1, 0.15) is 5.56 Å². The molecule has 0 fully saturated rings. The maximum atomic E-state index is 4.55. The second-order valence-corrected chi connectivity index (χ2v) is 9.89. The molecule has 0 saturated carbocycles. The first kappa shape index (κ1) is 22.9. The lowest BCUT2D eigenvalue weighted by atomic mass is 10.1. The van der Waals surface area contributed by atoms with Crippen molar-refractivity contribution in [2.45, 2.75) is 6.54 Å². The lowest BCUT2D eigenvalue weighted by molar-refractivity contribution is 1.13. The number of aromatic nitrogens is 1. The van der Waals surface area contributed by atoms with Gasteiger partial charge in [0.15, 0.2) is 0 Å². The lowest BCUT2D eigenvalue weighted by Crippen LogP contribution is -2.08. The first-order valence-electron chi connectivity index (χ1n) is 11.8. The minimum Gasteiger partial charge on any atom is -0.381 e. The zero-order valence-electron chi connectivity index (χ0n) is 20.0. The fourth-order valence-corrected chi connectivity index (χ4v) is 4.80. The summed E-state index contributed by atoms with van der Waals surface area (Å²) in [5.41, 5.74) is 8.83. The Labute approximate surface area is 208 Å². The van der Waals surface area contributed by atoms with Crippen LogP contribution in [0.15, 0.2) is 103 Å². The van der Waals surface area contributed by atoms with E-state index in [2.05, 4.69) is 111 Å². The second kappa shape index (κ2) is 10.6. The summed E-state index contributed by atoms with van der Waals surface area (Å²) in [7, 11) is 4.98. The van der Waals surface area contributed by atoms with Gasteiger partial charge in [-0.05, 0) is 78.5 Å². The van der Waals surface area contributed by atoms with Crippen molar-refractivity contribution in [2.75, 3.05) is 41.1 Å². The zero-order chi connectivity index (χ0) is 24.0. The van der Waals surface area contributed by atoms with Gasteiger partial charge in [0.1, 0.15) is 0 Å². The van der Waals surface area contributed by atoms with E-state index in [1.54, 1.807) is 0 Å². The van der Waals surface area contributed by atoms with E-state index in [1.807, 2.05) is 26.4 Å². The molecule has 3 N–H and O–H groups in total.